The Hall–Kier alpha value is -1.36. The summed E-state index contributed by atoms with van der Waals surface area (Å²) in [4.78, 5) is 22.0. The van der Waals surface area contributed by atoms with E-state index in [2.05, 4.69) is 14.9 Å². The van der Waals surface area contributed by atoms with E-state index in [1.807, 2.05) is 0 Å². The highest BCUT2D eigenvalue weighted by Gasteiger charge is 2.27. The van der Waals surface area contributed by atoms with Crippen molar-refractivity contribution >= 4 is 23.4 Å². The van der Waals surface area contributed by atoms with Crippen LogP contribution in [0.1, 0.15) is 18.7 Å². The lowest BCUT2D eigenvalue weighted by Gasteiger charge is -2.32. The van der Waals surface area contributed by atoms with Crippen molar-refractivity contribution in [1.29, 1.82) is 0 Å². The molecule has 0 spiro atoms. The molecule has 2 heterocycles. The van der Waals surface area contributed by atoms with Crippen molar-refractivity contribution < 1.29 is 9.53 Å². The molecule has 0 saturated carbocycles. The van der Waals surface area contributed by atoms with Crippen LogP contribution in [0.4, 0.5) is 5.82 Å². The van der Waals surface area contributed by atoms with Crippen LogP contribution in [0.25, 0.3) is 0 Å². The molecule has 1 aromatic rings. The Labute approximate surface area is 111 Å². The zero-order chi connectivity index (χ0) is 13.1. The molecular formula is C12H16ClN3O2. The van der Waals surface area contributed by atoms with Gasteiger partial charge in [-0.15, -0.1) is 0 Å². The fourth-order valence-corrected chi connectivity index (χ4v) is 2.44. The van der Waals surface area contributed by atoms with Crippen LogP contribution in [0.2, 0.25) is 5.15 Å². The van der Waals surface area contributed by atoms with Crippen molar-refractivity contribution in [3.8, 4) is 0 Å². The number of carbonyl (C=O) groups is 1. The molecule has 0 radical (unpaired) electrons. The highest BCUT2D eigenvalue weighted by molar-refractivity contribution is 6.29. The number of piperidine rings is 1. The third kappa shape index (κ3) is 2.90. The molecule has 1 aliphatic rings. The standard InChI is InChI=1S/C12H16ClN3O2/c1-8-14-10(13)6-11(15-8)16-5-3-4-9(7-16)12(17)18-2/h6,9H,3-5,7H2,1-2H3/t9-/m1/s1. The number of nitrogens with zero attached hydrogens (tertiary/aromatic N) is 3. The molecule has 1 atom stereocenters. The highest BCUT2D eigenvalue weighted by Crippen LogP contribution is 2.24. The van der Waals surface area contributed by atoms with E-state index in [9.17, 15) is 4.79 Å². The first-order valence-corrected chi connectivity index (χ1v) is 6.32. The van der Waals surface area contributed by atoms with Crippen molar-refractivity contribution in [1.82, 2.24) is 9.97 Å². The summed E-state index contributed by atoms with van der Waals surface area (Å²) >= 11 is 5.93. The Morgan fingerprint density at radius 1 is 1.56 bits per heavy atom. The maximum Gasteiger partial charge on any atom is 0.310 e. The van der Waals surface area contributed by atoms with E-state index in [1.165, 1.54) is 7.11 Å². The average Bonchev–Trinajstić information content (AvgIpc) is 2.37. The summed E-state index contributed by atoms with van der Waals surface area (Å²) in [5.41, 5.74) is 0. The number of aromatic nitrogens is 2. The summed E-state index contributed by atoms with van der Waals surface area (Å²) in [5, 5.41) is 0.428. The van der Waals surface area contributed by atoms with Crippen LogP contribution in [0.15, 0.2) is 6.07 Å². The zero-order valence-electron chi connectivity index (χ0n) is 10.5. The Morgan fingerprint density at radius 2 is 2.33 bits per heavy atom. The number of methoxy groups -OCH3 is 1. The van der Waals surface area contributed by atoms with E-state index in [0.717, 1.165) is 25.2 Å². The molecule has 2 rings (SSSR count). The minimum Gasteiger partial charge on any atom is -0.469 e. The number of aryl methyl sites for hydroxylation is 1. The number of esters is 1. The largest absolute Gasteiger partial charge is 0.469 e. The molecular weight excluding hydrogens is 254 g/mol. The molecule has 0 aliphatic carbocycles. The minimum atomic E-state index is -0.156. The van der Waals surface area contributed by atoms with Crippen molar-refractivity contribution in [2.75, 3.05) is 25.1 Å². The lowest BCUT2D eigenvalue weighted by Crippen LogP contribution is -2.39. The molecule has 0 bridgehead atoms. The van der Waals surface area contributed by atoms with Gasteiger partial charge in [-0.2, -0.15) is 0 Å². The van der Waals surface area contributed by atoms with Crippen molar-refractivity contribution in [2.45, 2.75) is 19.8 Å². The van der Waals surface area contributed by atoms with Gasteiger partial charge in [-0.25, -0.2) is 9.97 Å². The zero-order valence-corrected chi connectivity index (χ0v) is 11.3. The SMILES string of the molecule is COC(=O)[C@@H]1CCCN(c2cc(Cl)nc(C)n2)C1. The van der Waals surface area contributed by atoms with Crippen LogP contribution >= 0.6 is 11.6 Å². The van der Waals surface area contributed by atoms with Gasteiger partial charge < -0.3 is 9.64 Å². The predicted octanol–water partition coefficient (Wildman–Crippen LogP) is 1.83. The maximum atomic E-state index is 11.6. The molecule has 5 nitrogen and oxygen atoms in total. The van der Waals surface area contributed by atoms with E-state index in [-0.39, 0.29) is 11.9 Å². The first-order valence-electron chi connectivity index (χ1n) is 5.94. The monoisotopic (exact) mass is 269 g/mol. The Morgan fingerprint density at radius 3 is 3.00 bits per heavy atom. The second-order valence-corrected chi connectivity index (χ2v) is 4.79. The molecule has 0 amide bonds. The van der Waals surface area contributed by atoms with E-state index >= 15 is 0 Å². The van der Waals surface area contributed by atoms with Crippen LogP contribution in [0, 0.1) is 12.8 Å². The van der Waals surface area contributed by atoms with Gasteiger partial charge in [0.2, 0.25) is 0 Å². The van der Waals surface area contributed by atoms with Gasteiger partial charge in [0.25, 0.3) is 0 Å². The van der Waals surface area contributed by atoms with E-state index in [1.54, 1.807) is 13.0 Å². The fraction of sp³-hybridized carbons (Fsp3) is 0.583. The molecule has 1 saturated heterocycles. The maximum absolute atomic E-state index is 11.6. The van der Waals surface area contributed by atoms with Gasteiger partial charge in [-0.1, -0.05) is 11.6 Å². The van der Waals surface area contributed by atoms with Crippen LogP contribution in [0.3, 0.4) is 0 Å². The second-order valence-electron chi connectivity index (χ2n) is 4.40. The van der Waals surface area contributed by atoms with E-state index in [0.29, 0.717) is 17.5 Å². The van der Waals surface area contributed by atoms with Crippen LogP contribution in [-0.2, 0) is 9.53 Å². The van der Waals surface area contributed by atoms with Gasteiger partial charge >= 0.3 is 5.97 Å². The second kappa shape index (κ2) is 5.52. The Bertz CT molecular complexity index is 433. The van der Waals surface area contributed by atoms with Crippen molar-refractivity contribution in [3.63, 3.8) is 0 Å². The highest BCUT2D eigenvalue weighted by atomic mass is 35.5. The summed E-state index contributed by atoms with van der Waals surface area (Å²) in [7, 11) is 1.42. The first-order chi connectivity index (χ1) is 8.60. The number of carbonyl (C=O) groups excluding carboxylic acids is 1. The topological polar surface area (TPSA) is 55.3 Å². The molecule has 6 heteroatoms. The van der Waals surface area contributed by atoms with Crippen LogP contribution in [-0.4, -0.2) is 36.1 Å². The summed E-state index contributed by atoms with van der Waals surface area (Å²) in [6, 6.07) is 1.73. The van der Waals surface area contributed by atoms with E-state index < -0.39 is 0 Å². The normalized spacial score (nSPS) is 19.7. The third-order valence-corrected chi connectivity index (χ3v) is 3.27. The summed E-state index contributed by atoms with van der Waals surface area (Å²) in [6.07, 6.45) is 1.81. The predicted molar refractivity (Wildman–Crippen MR) is 68.7 cm³/mol. The van der Waals surface area contributed by atoms with Gasteiger partial charge in [0.15, 0.2) is 0 Å². The molecule has 0 N–H and O–H groups in total. The summed E-state index contributed by atoms with van der Waals surface area (Å²) < 4.78 is 4.80. The van der Waals surface area contributed by atoms with Crippen molar-refractivity contribution in [2.24, 2.45) is 5.92 Å². The lowest BCUT2D eigenvalue weighted by atomic mass is 9.98. The number of anilines is 1. The molecule has 1 fully saturated rings. The van der Waals surface area contributed by atoms with Crippen LogP contribution in [0.5, 0.6) is 0 Å². The van der Waals surface area contributed by atoms with Crippen molar-refractivity contribution in [3.05, 3.63) is 17.0 Å². The molecule has 0 unspecified atom stereocenters. The third-order valence-electron chi connectivity index (χ3n) is 3.07. The van der Waals surface area contributed by atoms with Gasteiger partial charge in [-0.3, -0.25) is 4.79 Å². The van der Waals surface area contributed by atoms with Gasteiger partial charge in [0.05, 0.1) is 13.0 Å². The Kier molecular flexibility index (Phi) is 4.01. The minimum absolute atomic E-state index is 0.0854. The van der Waals surface area contributed by atoms with Gasteiger partial charge in [-0.05, 0) is 19.8 Å². The van der Waals surface area contributed by atoms with Gasteiger partial charge in [0, 0.05) is 19.2 Å². The molecule has 1 aliphatic heterocycles. The summed E-state index contributed by atoms with van der Waals surface area (Å²) in [5.74, 6) is 1.17. The van der Waals surface area contributed by atoms with Gasteiger partial charge in [0.1, 0.15) is 16.8 Å². The quantitative estimate of drug-likeness (QED) is 0.606. The molecule has 18 heavy (non-hydrogen) atoms. The molecule has 1 aromatic heterocycles. The number of ether oxygens (including phenoxy) is 1. The molecule has 0 aromatic carbocycles. The summed E-state index contributed by atoms with van der Waals surface area (Å²) in [6.45, 7) is 3.30. The molecule has 98 valence electrons. The lowest BCUT2D eigenvalue weighted by molar-refractivity contribution is -0.145. The number of hydrogen-bond donors (Lipinski definition) is 0. The average molecular weight is 270 g/mol. The fourth-order valence-electron chi connectivity index (χ4n) is 2.22. The van der Waals surface area contributed by atoms with E-state index in [4.69, 9.17) is 16.3 Å². The van der Waals surface area contributed by atoms with Crippen LogP contribution < -0.4 is 4.90 Å². The Balaban J connectivity index is 2.15. The smallest absolute Gasteiger partial charge is 0.310 e. The number of rotatable bonds is 2. The first kappa shape index (κ1) is 13.1. The number of halogens is 1. The number of hydrogen-bond acceptors (Lipinski definition) is 5.